The largest absolute Gasteiger partial charge is 0.416 e. The van der Waals surface area contributed by atoms with Gasteiger partial charge >= 0.3 is 6.18 Å². The second-order valence-electron chi connectivity index (χ2n) is 5.75. The zero-order chi connectivity index (χ0) is 18.4. The molecule has 0 heterocycles. The highest BCUT2D eigenvalue weighted by molar-refractivity contribution is 5.83. The Morgan fingerprint density at radius 3 is 2.16 bits per heavy atom. The van der Waals surface area contributed by atoms with Crippen LogP contribution in [0.3, 0.4) is 0 Å². The number of carbonyl (C=O) groups is 1. The van der Waals surface area contributed by atoms with Crippen molar-refractivity contribution in [2.75, 3.05) is 6.54 Å². The minimum absolute atomic E-state index is 0.0620. The van der Waals surface area contributed by atoms with E-state index in [0.29, 0.717) is 12.0 Å². The fraction of sp³-hybridized carbons (Fsp3) is 0.316. The van der Waals surface area contributed by atoms with Gasteiger partial charge in [0.25, 0.3) is 0 Å². The van der Waals surface area contributed by atoms with E-state index < -0.39 is 17.8 Å². The summed E-state index contributed by atoms with van der Waals surface area (Å²) in [6.45, 7) is 1.83. The standard InChI is InChI=1S/C19H20F3NO2/c1-2-16(13-6-4-3-5-7-13)18(25)23-12-17(24)14-8-10-15(11-9-14)19(20,21)22/h3-11,16-17,24H,2,12H2,1H3,(H,23,25). The Morgan fingerprint density at radius 2 is 1.64 bits per heavy atom. The lowest BCUT2D eigenvalue weighted by Crippen LogP contribution is -2.32. The molecule has 3 nitrogen and oxygen atoms in total. The molecule has 0 aliphatic carbocycles. The molecule has 25 heavy (non-hydrogen) atoms. The van der Waals surface area contributed by atoms with Crippen LogP contribution in [0.4, 0.5) is 13.2 Å². The van der Waals surface area contributed by atoms with E-state index in [0.717, 1.165) is 17.7 Å². The second-order valence-corrected chi connectivity index (χ2v) is 5.75. The molecule has 0 radical (unpaired) electrons. The van der Waals surface area contributed by atoms with Crippen LogP contribution in [0.1, 0.15) is 42.1 Å². The molecule has 2 N–H and O–H groups in total. The number of benzene rings is 2. The summed E-state index contributed by atoms with van der Waals surface area (Å²) in [6, 6.07) is 13.5. The molecule has 0 fully saturated rings. The summed E-state index contributed by atoms with van der Waals surface area (Å²) in [5.41, 5.74) is 0.426. The average molecular weight is 351 g/mol. The van der Waals surface area contributed by atoms with E-state index in [2.05, 4.69) is 5.32 Å². The first-order valence-electron chi connectivity index (χ1n) is 8.00. The lowest BCUT2D eigenvalue weighted by atomic mass is 9.95. The van der Waals surface area contributed by atoms with E-state index in [1.807, 2.05) is 37.3 Å². The molecule has 2 rings (SSSR count). The van der Waals surface area contributed by atoms with Crippen LogP contribution in [-0.4, -0.2) is 17.6 Å². The van der Waals surface area contributed by atoms with E-state index in [1.165, 1.54) is 12.1 Å². The fourth-order valence-electron chi connectivity index (χ4n) is 2.59. The predicted octanol–water partition coefficient (Wildman–Crippen LogP) is 4.05. The SMILES string of the molecule is CCC(C(=O)NCC(O)c1ccc(C(F)(F)F)cc1)c1ccccc1. The number of aliphatic hydroxyl groups excluding tert-OH is 1. The van der Waals surface area contributed by atoms with Crippen molar-refractivity contribution in [2.24, 2.45) is 0 Å². The monoisotopic (exact) mass is 351 g/mol. The first-order valence-corrected chi connectivity index (χ1v) is 8.00. The van der Waals surface area contributed by atoms with Crippen molar-refractivity contribution in [1.29, 1.82) is 0 Å². The van der Waals surface area contributed by atoms with Crippen LogP contribution in [-0.2, 0) is 11.0 Å². The van der Waals surface area contributed by atoms with E-state index in [9.17, 15) is 23.1 Å². The van der Waals surface area contributed by atoms with Gasteiger partial charge in [0.05, 0.1) is 17.6 Å². The summed E-state index contributed by atoms with van der Waals surface area (Å²) < 4.78 is 37.6. The van der Waals surface area contributed by atoms with Gasteiger partial charge in [0.1, 0.15) is 0 Å². The third-order valence-corrected chi connectivity index (χ3v) is 4.02. The Kier molecular flexibility index (Phi) is 6.20. The quantitative estimate of drug-likeness (QED) is 0.825. The molecule has 6 heteroatoms. The smallest absolute Gasteiger partial charge is 0.387 e. The fourth-order valence-corrected chi connectivity index (χ4v) is 2.59. The highest BCUT2D eigenvalue weighted by Gasteiger charge is 2.30. The summed E-state index contributed by atoms with van der Waals surface area (Å²) in [7, 11) is 0. The Hall–Kier alpha value is -2.34. The summed E-state index contributed by atoms with van der Waals surface area (Å²) in [4.78, 5) is 12.3. The van der Waals surface area contributed by atoms with E-state index >= 15 is 0 Å². The maximum absolute atomic E-state index is 12.5. The van der Waals surface area contributed by atoms with Gasteiger partial charge in [-0.15, -0.1) is 0 Å². The number of nitrogens with one attached hydrogen (secondary N) is 1. The topological polar surface area (TPSA) is 49.3 Å². The van der Waals surface area contributed by atoms with Crippen LogP contribution >= 0.6 is 0 Å². The van der Waals surface area contributed by atoms with Crippen LogP contribution in [0.5, 0.6) is 0 Å². The predicted molar refractivity (Wildman–Crippen MR) is 88.9 cm³/mol. The molecule has 0 saturated heterocycles. The van der Waals surface area contributed by atoms with Gasteiger partial charge in [-0.1, -0.05) is 49.4 Å². The first kappa shape index (κ1) is 19.0. The highest BCUT2D eigenvalue weighted by atomic mass is 19.4. The lowest BCUT2D eigenvalue weighted by Gasteiger charge is -2.18. The van der Waals surface area contributed by atoms with Crippen molar-refractivity contribution in [3.63, 3.8) is 0 Å². The van der Waals surface area contributed by atoms with Crippen LogP contribution < -0.4 is 5.32 Å². The summed E-state index contributed by atoms with van der Waals surface area (Å²) in [5, 5.41) is 12.8. The van der Waals surface area contributed by atoms with Crippen molar-refractivity contribution in [2.45, 2.75) is 31.5 Å². The van der Waals surface area contributed by atoms with Crippen molar-refractivity contribution in [3.05, 3.63) is 71.3 Å². The zero-order valence-corrected chi connectivity index (χ0v) is 13.8. The number of carbonyl (C=O) groups excluding carboxylic acids is 1. The molecule has 134 valence electrons. The van der Waals surface area contributed by atoms with Crippen molar-refractivity contribution < 1.29 is 23.1 Å². The molecule has 2 aromatic rings. The van der Waals surface area contributed by atoms with Crippen LogP contribution in [0, 0.1) is 0 Å². The lowest BCUT2D eigenvalue weighted by molar-refractivity contribution is -0.137. The Balaban J connectivity index is 1.96. The van der Waals surface area contributed by atoms with E-state index in [-0.39, 0.29) is 18.4 Å². The number of amides is 1. The van der Waals surface area contributed by atoms with Crippen molar-refractivity contribution in [1.82, 2.24) is 5.32 Å². The number of hydrogen-bond acceptors (Lipinski definition) is 2. The summed E-state index contributed by atoms with van der Waals surface area (Å²) in [5.74, 6) is -0.555. The molecule has 0 aromatic heterocycles. The van der Waals surface area contributed by atoms with Gasteiger partial charge in [-0.25, -0.2) is 0 Å². The van der Waals surface area contributed by atoms with Gasteiger partial charge in [0.2, 0.25) is 5.91 Å². The summed E-state index contributed by atoms with van der Waals surface area (Å²) in [6.07, 6.45) is -4.88. The van der Waals surface area contributed by atoms with E-state index in [4.69, 9.17) is 0 Å². The van der Waals surface area contributed by atoms with Gasteiger partial charge < -0.3 is 10.4 Å². The molecule has 2 unspecified atom stereocenters. The Labute approximate surface area is 144 Å². The van der Waals surface area contributed by atoms with E-state index in [1.54, 1.807) is 0 Å². The zero-order valence-electron chi connectivity index (χ0n) is 13.8. The molecule has 0 saturated carbocycles. The van der Waals surface area contributed by atoms with Crippen molar-refractivity contribution >= 4 is 5.91 Å². The van der Waals surface area contributed by atoms with Crippen LogP contribution in [0.15, 0.2) is 54.6 Å². The molecule has 0 bridgehead atoms. The van der Waals surface area contributed by atoms with Gasteiger partial charge in [-0.2, -0.15) is 13.2 Å². The molecule has 0 aliphatic heterocycles. The van der Waals surface area contributed by atoms with Gasteiger partial charge in [-0.05, 0) is 29.7 Å². The molecule has 2 aromatic carbocycles. The Bertz CT molecular complexity index is 684. The van der Waals surface area contributed by atoms with Crippen LogP contribution in [0.2, 0.25) is 0 Å². The molecule has 0 aliphatic rings. The molecular formula is C19H20F3NO2. The summed E-state index contributed by atoms with van der Waals surface area (Å²) >= 11 is 0. The van der Waals surface area contributed by atoms with Crippen molar-refractivity contribution in [3.8, 4) is 0 Å². The third-order valence-electron chi connectivity index (χ3n) is 4.02. The average Bonchev–Trinajstić information content (AvgIpc) is 2.60. The number of hydrogen-bond donors (Lipinski definition) is 2. The number of alkyl halides is 3. The maximum Gasteiger partial charge on any atom is 0.416 e. The van der Waals surface area contributed by atoms with Gasteiger partial charge in [-0.3, -0.25) is 4.79 Å². The normalized spacial score (nSPS) is 14.0. The van der Waals surface area contributed by atoms with Gasteiger partial charge in [0, 0.05) is 6.54 Å². The molecule has 2 atom stereocenters. The maximum atomic E-state index is 12.5. The Morgan fingerprint density at radius 1 is 1.04 bits per heavy atom. The third kappa shape index (κ3) is 5.06. The minimum Gasteiger partial charge on any atom is -0.387 e. The number of halogens is 3. The number of aliphatic hydroxyl groups is 1. The van der Waals surface area contributed by atoms with Crippen LogP contribution in [0.25, 0.3) is 0 Å². The highest BCUT2D eigenvalue weighted by Crippen LogP contribution is 2.30. The molecule has 0 spiro atoms. The number of rotatable bonds is 6. The molecular weight excluding hydrogens is 331 g/mol. The second kappa shape index (κ2) is 8.16. The minimum atomic E-state index is -4.41. The first-order chi connectivity index (χ1) is 11.8. The van der Waals surface area contributed by atoms with Gasteiger partial charge in [0.15, 0.2) is 0 Å². The molecule has 1 amide bonds.